The number of benzene rings is 5. The van der Waals surface area contributed by atoms with Gasteiger partial charge in [-0.2, -0.15) is 0 Å². The Morgan fingerprint density at radius 3 is 0.824 bits per heavy atom. The van der Waals surface area contributed by atoms with E-state index in [9.17, 15) is 0 Å². The first-order chi connectivity index (χ1) is 16.7. The third-order valence-corrected chi connectivity index (χ3v) is 6.62. The van der Waals surface area contributed by atoms with E-state index in [-0.39, 0.29) is 0 Å². The molecule has 0 spiro atoms. The van der Waals surface area contributed by atoms with E-state index in [1.165, 1.54) is 0 Å². The zero-order chi connectivity index (χ0) is 23.3. The van der Waals surface area contributed by atoms with Gasteiger partial charge in [-0.15, -0.1) is 0 Å². The van der Waals surface area contributed by atoms with Crippen molar-refractivity contribution in [3.63, 3.8) is 0 Å². The minimum Gasteiger partial charge on any atom is -0.311 e. The van der Waals surface area contributed by atoms with Crippen molar-refractivity contribution in [3.05, 3.63) is 142 Å². The van der Waals surface area contributed by atoms with Crippen LogP contribution in [0.4, 0.5) is 34.1 Å². The second-order valence-corrected chi connectivity index (χ2v) is 9.64. The number of rotatable bonds is 6. The van der Waals surface area contributed by atoms with Gasteiger partial charge < -0.3 is 9.80 Å². The molecule has 166 valence electrons. The zero-order valence-corrected chi connectivity index (χ0v) is 21.5. The molecule has 5 rings (SSSR count). The van der Waals surface area contributed by atoms with E-state index in [4.69, 9.17) is 0 Å². The Morgan fingerprint density at radius 2 is 0.529 bits per heavy atom. The Morgan fingerprint density at radius 1 is 0.294 bits per heavy atom. The number of anilines is 6. The van der Waals surface area contributed by atoms with Crippen LogP contribution in [0.1, 0.15) is 0 Å². The van der Waals surface area contributed by atoms with Gasteiger partial charge in [0.1, 0.15) is 0 Å². The molecule has 5 aromatic carbocycles. The van der Waals surface area contributed by atoms with E-state index >= 15 is 0 Å². The van der Waals surface area contributed by atoms with Crippen LogP contribution < -0.4 is 9.80 Å². The van der Waals surface area contributed by atoms with Gasteiger partial charge in [0.05, 0.1) is 0 Å². The lowest BCUT2D eigenvalue weighted by atomic mass is 10.1. The number of para-hydroxylation sites is 2. The molecule has 0 aliphatic rings. The molecule has 0 amide bonds. The molecule has 0 aliphatic heterocycles. The zero-order valence-electron chi connectivity index (χ0n) is 18.4. The van der Waals surface area contributed by atoms with Crippen molar-refractivity contribution in [2.24, 2.45) is 0 Å². The maximum Gasteiger partial charge on any atom is 0.0463 e. The highest BCUT2D eigenvalue weighted by atomic mass is 79.9. The van der Waals surface area contributed by atoms with Crippen LogP contribution in [0.3, 0.4) is 0 Å². The maximum atomic E-state index is 3.56. The minimum atomic E-state index is 1.06. The lowest BCUT2D eigenvalue weighted by Gasteiger charge is -2.28. The number of hydrogen-bond donors (Lipinski definition) is 0. The van der Waals surface area contributed by atoms with Crippen molar-refractivity contribution in [2.75, 3.05) is 9.80 Å². The summed E-state index contributed by atoms with van der Waals surface area (Å²) in [6.45, 7) is 0. The van der Waals surface area contributed by atoms with Gasteiger partial charge in [-0.05, 0) is 97.1 Å². The highest BCUT2D eigenvalue weighted by Crippen LogP contribution is 2.39. The summed E-state index contributed by atoms with van der Waals surface area (Å²) < 4.78 is 2.12. The first-order valence-corrected chi connectivity index (χ1v) is 12.6. The Labute approximate surface area is 217 Å². The van der Waals surface area contributed by atoms with Gasteiger partial charge in [-0.1, -0.05) is 68.3 Å². The standard InChI is InChI=1S/C30H22Br2N2/c31-23-11-15-27(16-12-23)34(28-17-13-24(32)14-18-28)30-21-19-29(20-22-30)33(25-7-3-1-4-8-25)26-9-5-2-6-10-26/h1-22H. The molecule has 0 heterocycles. The van der Waals surface area contributed by atoms with E-state index in [1.807, 2.05) is 12.1 Å². The van der Waals surface area contributed by atoms with Gasteiger partial charge in [0.25, 0.3) is 0 Å². The topological polar surface area (TPSA) is 6.48 Å². The first-order valence-electron chi connectivity index (χ1n) is 11.0. The summed E-state index contributed by atoms with van der Waals surface area (Å²) in [5.41, 5.74) is 6.64. The summed E-state index contributed by atoms with van der Waals surface area (Å²) in [6, 6.07) is 46.4. The van der Waals surface area contributed by atoms with Gasteiger partial charge in [-0.3, -0.25) is 0 Å². The quantitative estimate of drug-likeness (QED) is 0.201. The minimum absolute atomic E-state index is 1.06. The van der Waals surface area contributed by atoms with Crippen LogP contribution in [0.5, 0.6) is 0 Å². The molecule has 0 atom stereocenters. The average molecular weight is 570 g/mol. The molecule has 0 bridgehead atoms. The van der Waals surface area contributed by atoms with Gasteiger partial charge in [0, 0.05) is 43.1 Å². The summed E-state index contributed by atoms with van der Waals surface area (Å²) in [5, 5.41) is 0. The van der Waals surface area contributed by atoms with Crippen LogP contribution in [0, 0.1) is 0 Å². The van der Waals surface area contributed by atoms with Gasteiger partial charge >= 0.3 is 0 Å². The summed E-state index contributed by atoms with van der Waals surface area (Å²) >= 11 is 7.11. The SMILES string of the molecule is Brc1ccc(N(c2ccc(Br)cc2)c2ccc(N(c3ccccc3)c3ccccc3)cc2)cc1. The number of halogens is 2. The van der Waals surface area contributed by atoms with E-state index in [0.29, 0.717) is 0 Å². The Bertz CT molecular complexity index is 1250. The van der Waals surface area contributed by atoms with Crippen molar-refractivity contribution in [3.8, 4) is 0 Å². The lowest BCUT2D eigenvalue weighted by Crippen LogP contribution is -2.12. The highest BCUT2D eigenvalue weighted by molar-refractivity contribution is 9.10. The van der Waals surface area contributed by atoms with Crippen LogP contribution in [0.25, 0.3) is 0 Å². The smallest absolute Gasteiger partial charge is 0.0463 e. The maximum absolute atomic E-state index is 3.56. The number of nitrogens with zero attached hydrogens (tertiary/aromatic N) is 2. The second kappa shape index (κ2) is 10.3. The third-order valence-electron chi connectivity index (χ3n) is 5.56. The number of hydrogen-bond acceptors (Lipinski definition) is 2. The molecule has 0 saturated heterocycles. The van der Waals surface area contributed by atoms with Crippen molar-refractivity contribution in [1.29, 1.82) is 0 Å². The Hall–Kier alpha value is -3.34. The normalized spacial score (nSPS) is 10.6. The molecular formula is C30H22Br2N2. The molecule has 0 fully saturated rings. The second-order valence-electron chi connectivity index (χ2n) is 7.81. The van der Waals surface area contributed by atoms with Gasteiger partial charge in [0.2, 0.25) is 0 Å². The summed E-state index contributed by atoms with van der Waals surface area (Å²) in [7, 11) is 0. The van der Waals surface area contributed by atoms with Crippen LogP contribution in [0.2, 0.25) is 0 Å². The largest absolute Gasteiger partial charge is 0.311 e. The van der Waals surface area contributed by atoms with Crippen molar-refractivity contribution in [2.45, 2.75) is 0 Å². The van der Waals surface area contributed by atoms with Crippen LogP contribution in [-0.2, 0) is 0 Å². The molecule has 0 unspecified atom stereocenters. The van der Waals surface area contributed by atoms with Crippen molar-refractivity contribution in [1.82, 2.24) is 0 Å². The molecule has 2 nitrogen and oxygen atoms in total. The molecule has 4 heteroatoms. The van der Waals surface area contributed by atoms with E-state index < -0.39 is 0 Å². The monoisotopic (exact) mass is 568 g/mol. The fourth-order valence-corrected chi connectivity index (χ4v) is 4.51. The fourth-order valence-electron chi connectivity index (χ4n) is 3.98. The third kappa shape index (κ3) is 4.93. The van der Waals surface area contributed by atoms with E-state index in [2.05, 4.69) is 163 Å². The highest BCUT2D eigenvalue weighted by Gasteiger charge is 2.15. The molecule has 0 radical (unpaired) electrons. The predicted octanol–water partition coefficient (Wildman–Crippen LogP) is 10.2. The summed E-state index contributed by atoms with van der Waals surface area (Å²) in [6.07, 6.45) is 0. The van der Waals surface area contributed by atoms with Gasteiger partial charge in [-0.25, -0.2) is 0 Å². The Kier molecular flexibility index (Phi) is 6.79. The first kappa shape index (κ1) is 22.5. The van der Waals surface area contributed by atoms with Crippen LogP contribution in [-0.4, -0.2) is 0 Å². The molecule has 0 aliphatic carbocycles. The summed E-state index contributed by atoms with van der Waals surface area (Å²) in [5.74, 6) is 0. The molecular weight excluding hydrogens is 548 g/mol. The molecule has 0 N–H and O–H groups in total. The van der Waals surface area contributed by atoms with Gasteiger partial charge in [0.15, 0.2) is 0 Å². The Balaban J connectivity index is 1.57. The molecule has 34 heavy (non-hydrogen) atoms. The van der Waals surface area contributed by atoms with Crippen molar-refractivity contribution >= 4 is 66.0 Å². The molecule has 0 aromatic heterocycles. The average Bonchev–Trinajstić information content (AvgIpc) is 2.89. The van der Waals surface area contributed by atoms with Crippen LogP contribution >= 0.6 is 31.9 Å². The van der Waals surface area contributed by atoms with Crippen LogP contribution in [0.15, 0.2) is 142 Å². The predicted molar refractivity (Wildman–Crippen MR) is 151 cm³/mol. The lowest BCUT2D eigenvalue weighted by molar-refractivity contribution is 1.25. The van der Waals surface area contributed by atoms with E-state index in [1.54, 1.807) is 0 Å². The fraction of sp³-hybridized carbons (Fsp3) is 0. The summed E-state index contributed by atoms with van der Waals surface area (Å²) in [4.78, 5) is 4.53. The molecule has 0 saturated carbocycles. The van der Waals surface area contributed by atoms with Crippen molar-refractivity contribution < 1.29 is 0 Å². The molecule has 5 aromatic rings. The van der Waals surface area contributed by atoms with E-state index in [0.717, 1.165) is 43.1 Å².